The van der Waals surface area contributed by atoms with E-state index in [2.05, 4.69) is 20.9 Å². The van der Waals surface area contributed by atoms with Gasteiger partial charge in [-0.15, -0.1) is 0 Å². The summed E-state index contributed by atoms with van der Waals surface area (Å²) in [5, 5.41) is 0. The van der Waals surface area contributed by atoms with Crippen molar-refractivity contribution in [2.75, 3.05) is 12.8 Å². The van der Waals surface area contributed by atoms with Crippen molar-refractivity contribution in [1.82, 2.24) is 9.55 Å². The highest BCUT2D eigenvalue weighted by atomic mass is 79.9. The van der Waals surface area contributed by atoms with Gasteiger partial charge in [0.2, 0.25) is 5.95 Å². The third kappa shape index (κ3) is 1.78. The molecule has 0 aliphatic carbocycles. The summed E-state index contributed by atoms with van der Waals surface area (Å²) in [5.74, 6) is 1.28. The van der Waals surface area contributed by atoms with Gasteiger partial charge in [-0.25, -0.2) is 4.98 Å². The molecule has 84 valence electrons. The van der Waals surface area contributed by atoms with Gasteiger partial charge < -0.3 is 15.0 Å². The SMILES string of the molecule is COc1cccc(-c2nc(N)n(C)c2Br)c1. The molecule has 4 nitrogen and oxygen atoms in total. The van der Waals surface area contributed by atoms with E-state index in [0.29, 0.717) is 5.95 Å². The van der Waals surface area contributed by atoms with Crippen molar-refractivity contribution in [3.05, 3.63) is 28.9 Å². The maximum absolute atomic E-state index is 5.74. The number of benzene rings is 1. The smallest absolute Gasteiger partial charge is 0.201 e. The second-order valence-electron chi connectivity index (χ2n) is 3.40. The zero-order valence-corrected chi connectivity index (χ0v) is 10.7. The second-order valence-corrected chi connectivity index (χ2v) is 4.15. The Hall–Kier alpha value is -1.49. The van der Waals surface area contributed by atoms with Crippen LogP contribution in [-0.4, -0.2) is 16.7 Å². The van der Waals surface area contributed by atoms with Gasteiger partial charge in [-0.05, 0) is 28.1 Å². The number of nitrogens with zero attached hydrogens (tertiary/aromatic N) is 2. The number of rotatable bonds is 2. The number of hydrogen-bond donors (Lipinski definition) is 1. The molecule has 0 aliphatic heterocycles. The first-order chi connectivity index (χ1) is 7.63. The van der Waals surface area contributed by atoms with Gasteiger partial charge in [0.25, 0.3) is 0 Å². The van der Waals surface area contributed by atoms with Crippen molar-refractivity contribution >= 4 is 21.9 Å². The summed E-state index contributed by atoms with van der Waals surface area (Å²) in [7, 11) is 3.50. The van der Waals surface area contributed by atoms with Crippen LogP contribution < -0.4 is 10.5 Å². The van der Waals surface area contributed by atoms with Crippen LogP contribution in [-0.2, 0) is 7.05 Å². The number of halogens is 1. The van der Waals surface area contributed by atoms with Crippen LogP contribution in [0.2, 0.25) is 0 Å². The van der Waals surface area contributed by atoms with Gasteiger partial charge in [0.05, 0.1) is 7.11 Å². The summed E-state index contributed by atoms with van der Waals surface area (Å²) >= 11 is 3.46. The van der Waals surface area contributed by atoms with E-state index in [-0.39, 0.29) is 0 Å². The fraction of sp³-hybridized carbons (Fsp3) is 0.182. The van der Waals surface area contributed by atoms with Gasteiger partial charge in [0.1, 0.15) is 16.0 Å². The number of hydrogen-bond acceptors (Lipinski definition) is 3. The Kier molecular flexibility index (Phi) is 2.87. The van der Waals surface area contributed by atoms with E-state index in [9.17, 15) is 0 Å². The summed E-state index contributed by atoms with van der Waals surface area (Å²) in [4.78, 5) is 4.29. The molecule has 0 spiro atoms. The van der Waals surface area contributed by atoms with Crippen molar-refractivity contribution < 1.29 is 4.74 Å². The lowest BCUT2D eigenvalue weighted by molar-refractivity contribution is 0.415. The monoisotopic (exact) mass is 281 g/mol. The van der Waals surface area contributed by atoms with E-state index in [1.165, 1.54) is 0 Å². The minimum Gasteiger partial charge on any atom is -0.497 e. The molecule has 0 amide bonds. The third-order valence-electron chi connectivity index (χ3n) is 2.40. The number of anilines is 1. The van der Waals surface area contributed by atoms with Gasteiger partial charge in [0, 0.05) is 12.6 Å². The summed E-state index contributed by atoms with van der Waals surface area (Å²) in [5.41, 5.74) is 7.53. The molecular formula is C11H12BrN3O. The van der Waals surface area contributed by atoms with Gasteiger partial charge >= 0.3 is 0 Å². The highest BCUT2D eigenvalue weighted by Gasteiger charge is 2.12. The number of ether oxygens (including phenoxy) is 1. The topological polar surface area (TPSA) is 53.1 Å². The Morgan fingerprint density at radius 1 is 1.44 bits per heavy atom. The molecule has 0 aliphatic rings. The molecule has 2 rings (SSSR count). The zero-order valence-electron chi connectivity index (χ0n) is 9.07. The number of methoxy groups -OCH3 is 1. The lowest BCUT2D eigenvalue weighted by Crippen LogP contribution is -1.96. The molecule has 16 heavy (non-hydrogen) atoms. The van der Waals surface area contributed by atoms with Crippen LogP contribution in [0.1, 0.15) is 0 Å². The molecule has 0 radical (unpaired) electrons. The van der Waals surface area contributed by atoms with Crippen LogP contribution in [0, 0.1) is 0 Å². The molecule has 1 aromatic carbocycles. The predicted molar refractivity (Wildman–Crippen MR) is 67.3 cm³/mol. The van der Waals surface area contributed by atoms with Crippen LogP contribution >= 0.6 is 15.9 Å². The fourth-order valence-corrected chi connectivity index (χ4v) is 1.95. The number of nitrogens with two attached hydrogens (primary N) is 1. The first-order valence-electron chi connectivity index (χ1n) is 4.75. The van der Waals surface area contributed by atoms with Crippen LogP contribution in [0.3, 0.4) is 0 Å². The van der Waals surface area contributed by atoms with Crippen LogP contribution in [0.4, 0.5) is 5.95 Å². The molecule has 0 atom stereocenters. The number of nitrogen functional groups attached to an aromatic ring is 1. The molecular weight excluding hydrogens is 270 g/mol. The molecule has 0 fully saturated rings. The highest BCUT2D eigenvalue weighted by Crippen LogP contribution is 2.30. The van der Waals surface area contributed by atoms with Gasteiger partial charge in [-0.3, -0.25) is 0 Å². The van der Waals surface area contributed by atoms with Crippen molar-refractivity contribution in [2.45, 2.75) is 0 Å². The Morgan fingerprint density at radius 3 is 2.75 bits per heavy atom. The normalized spacial score (nSPS) is 10.4. The third-order valence-corrected chi connectivity index (χ3v) is 3.31. The van der Waals surface area contributed by atoms with Gasteiger partial charge in [0.15, 0.2) is 0 Å². The van der Waals surface area contributed by atoms with E-state index in [0.717, 1.165) is 21.6 Å². The lowest BCUT2D eigenvalue weighted by atomic mass is 10.1. The van der Waals surface area contributed by atoms with Gasteiger partial charge in [-0.1, -0.05) is 12.1 Å². The molecule has 1 heterocycles. The maximum Gasteiger partial charge on any atom is 0.201 e. The number of aromatic nitrogens is 2. The standard InChI is InChI=1S/C11H12BrN3O/c1-15-10(12)9(14-11(15)13)7-4-3-5-8(6-7)16-2/h3-6H,1-2H3,(H2,13,14). The van der Waals surface area contributed by atoms with E-state index < -0.39 is 0 Å². The molecule has 0 saturated carbocycles. The molecule has 0 unspecified atom stereocenters. The van der Waals surface area contributed by atoms with E-state index in [1.807, 2.05) is 31.3 Å². The highest BCUT2D eigenvalue weighted by molar-refractivity contribution is 9.10. The molecule has 2 aromatic rings. The van der Waals surface area contributed by atoms with Crippen molar-refractivity contribution in [3.63, 3.8) is 0 Å². The Balaban J connectivity index is 2.54. The largest absolute Gasteiger partial charge is 0.497 e. The summed E-state index contributed by atoms with van der Waals surface area (Å²) in [6, 6.07) is 7.71. The van der Waals surface area contributed by atoms with Gasteiger partial charge in [-0.2, -0.15) is 0 Å². The maximum atomic E-state index is 5.74. The first kappa shape index (κ1) is 11.0. The summed E-state index contributed by atoms with van der Waals surface area (Å²) in [6.07, 6.45) is 0. The zero-order chi connectivity index (χ0) is 11.7. The molecule has 0 saturated heterocycles. The molecule has 0 bridgehead atoms. The Morgan fingerprint density at radius 2 is 2.19 bits per heavy atom. The molecule has 2 N–H and O–H groups in total. The Labute approximate surface area is 102 Å². The quantitative estimate of drug-likeness (QED) is 0.920. The summed E-state index contributed by atoms with van der Waals surface area (Å²) in [6.45, 7) is 0. The van der Waals surface area contributed by atoms with E-state index in [1.54, 1.807) is 11.7 Å². The predicted octanol–water partition coefficient (Wildman–Crippen LogP) is 2.44. The fourth-order valence-electron chi connectivity index (χ4n) is 1.45. The Bertz CT molecular complexity index is 522. The van der Waals surface area contributed by atoms with Crippen LogP contribution in [0.25, 0.3) is 11.3 Å². The number of imidazole rings is 1. The van der Waals surface area contributed by atoms with E-state index in [4.69, 9.17) is 10.5 Å². The van der Waals surface area contributed by atoms with Crippen molar-refractivity contribution in [2.24, 2.45) is 7.05 Å². The minimum atomic E-state index is 0.477. The van der Waals surface area contributed by atoms with Crippen LogP contribution in [0.15, 0.2) is 28.9 Å². The summed E-state index contributed by atoms with van der Waals surface area (Å²) < 4.78 is 7.82. The first-order valence-corrected chi connectivity index (χ1v) is 5.55. The minimum absolute atomic E-state index is 0.477. The average Bonchev–Trinajstić information content (AvgIpc) is 2.57. The molecule has 1 aromatic heterocycles. The van der Waals surface area contributed by atoms with Crippen molar-refractivity contribution in [3.8, 4) is 17.0 Å². The molecule has 5 heteroatoms. The van der Waals surface area contributed by atoms with E-state index >= 15 is 0 Å². The van der Waals surface area contributed by atoms with Crippen LogP contribution in [0.5, 0.6) is 5.75 Å². The van der Waals surface area contributed by atoms with Crippen molar-refractivity contribution in [1.29, 1.82) is 0 Å². The second kappa shape index (κ2) is 4.17. The average molecular weight is 282 g/mol. The lowest BCUT2D eigenvalue weighted by Gasteiger charge is -2.02.